The molecule has 2 N–H and O–H groups in total. The lowest BCUT2D eigenvalue weighted by Gasteiger charge is -2.17. The molecule has 0 bridgehead atoms. The molecule has 0 saturated heterocycles. The second kappa shape index (κ2) is 9.58. The Balaban J connectivity index is 2.47. The van der Waals surface area contributed by atoms with Gasteiger partial charge in [-0.05, 0) is 24.6 Å². The van der Waals surface area contributed by atoms with Crippen molar-refractivity contribution in [3.63, 3.8) is 0 Å². The fourth-order valence-electron chi connectivity index (χ4n) is 1.79. The first-order valence-electron chi connectivity index (χ1n) is 6.85. The summed E-state index contributed by atoms with van der Waals surface area (Å²) in [7, 11) is 3.25. The van der Waals surface area contributed by atoms with Crippen LogP contribution in [0.2, 0.25) is 0 Å². The van der Waals surface area contributed by atoms with E-state index < -0.39 is 0 Å². The third-order valence-corrected chi connectivity index (χ3v) is 2.85. The fraction of sp³-hybridized carbons (Fsp3) is 0.600. The van der Waals surface area contributed by atoms with E-state index in [0.717, 1.165) is 30.1 Å². The maximum Gasteiger partial charge on any atom is 0.123 e. The van der Waals surface area contributed by atoms with E-state index in [1.165, 1.54) is 0 Å². The summed E-state index contributed by atoms with van der Waals surface area (Å²) in [5.74, 6) is 1.49. The maximum atomic E-state index is 6.13. The Bertz CT molecular complexity index is 384. The van der Waals surface area contributed by atoms with Gasteiger partial charge in [-0.25, -0.2) is 0 Å². The van der Waals surface area contributed by atoms with Crippen molar-refractivity contribution in [2.45, 2.75) is 19.4 Å². The molecule has 0 heterocycles. The second-order valence-electron chi connectivity index (χ2n) is 4.40. The summed E-state index contributed by atoms with van der Waals surface area (Å²) in [4.78, 5) is 0. The molecule has 0 aliphatic rings. The minimum atomic E-state index is -0.258. The molecule has 0 radical (unpaired) electrons. The molecule has 0 amide bonds. The van der Waals surface area contributed by atoms with Crippen molar-refractivity contribution in [3.8, 4) is 11.5 Å². The van der Waals surface area contributed by atoms with Crippen molar-refractivity contribution in [3.05, 3.63) is 23.8 Å². The highest BCUT2D eigenvalue weighted by molar-refractivity contribution is 5.42. The Morgan fingerprint density at radius 1 is 1.05 bits per heavy atom. The van der Waals surface area contributed by atoms with Gasteiger partial charge in [0.25, 0.3) is 0 Å². The summed E-state index contributed by atoms with van der Waals surface area (Å²) in [6.07, 6.45) is 1.01. The zero-order valence-electron chi connectivity index (χ0n) is 12.6. The van der Waals surface area contributed by atoms with Crippen molar-refractivity contribution in [1.82, 2.24) is 0 Å². The maximum absolute atomic E-state index is 6.13. The Hall–Kier alpha value is -1.30. The highest BCUT2D eigenvalue weighted by atomic mass is 16.5. The molecule has 1 rings (SSSR count). The van der Waals surface area contributed by atoms with Crippen LogP contribution in [-0.2, 0) is 9.47 Å². The standard InChI is InChI=1S/C15H25NO4/c1-4-7-19-8-9-20-11-14(16)13-10-12(17-2)5-6-15(13)18-3/h5-6,10,14H,4,7-9,11,16H2,1-3H3. The second-order valence-corrected chi connectivity index (χ2v) is 4.40. The molecule has 1 aromatic carbocycles. The molecule has 114 valence electrons. The van der Waals surface area contributed by atoms with Gasteiger partial charge in [-0.2, -0.15) is 0 Å². The van der Waals surface area contributed by atoms with E-state index in [-0.39, 0.29) is 6.04 Å². The molecule has 0 fully saturated rings. The summed E-state index contributed by atoms with van der Waals surface area (Å²) in [5, 5.41) is 0. The molecule has 0 aromatic heterocycles. The number of hydrogen-bond donors (Lipinski definition) is 1. The lowest BCUT2D eigenvalue weighted by molar-refractivity contribution is 0.0426. The van der Waals surface area contributed by atoms with Crippen molar-refractivity contribution in [2.24, 2.45) is 5.73 Å². The van der Waals surface area contributed by atoms with E-state index >= 15 is 0 Å². The average Bonchev–Trinajstić information content (AvgIpc) is 2.49. The van der Waals surface area contributed by atoms with Crippen LogP contribution in [0, 0.1) is 0 Å². The summed E-state index contributed by atoms with van der Waals surface area (Å²) in [5.41, 5.74) is 7.01. The van der Waals surface area contributed by atoms with Crippen LogP contribution >= 0.6 is 0 Å². The van der Waals surface area contributed by atoms with Crippen molar-refractivity contribution < 1.29 is 18.9 Å². The van der Waals surface area contributed by atoms with Crippen molar-refractivity contribution >= 4 is 0 Å². The van der Waals surface area contributed by atoms with Crippen LogP contribution in [0.25, 0.3) is 0 Å². The van der Waals surface area contributed by atoms with E-state index in [0.29, 0.717) is 19.8 Å². The molecule has 0 aliphatic heterocycles. The minimum Gasteiger partial charge on any atom is -0.497 e. The predicted molar refractivity (Wildman–Crippen MR) is 78.4 cm³/mol. The van der Waals surface area contributed by atoms with Crippen LogP contribution in [0.15, 0.2) is 18.2 Å². The number of benzene rings is 1. The molecule has 0 spiro atoms. The van der Waals surface area contributed by atoms with Gasteiger partial charge in [0.15, 0.2) is 0 Å². The van der Waals surface area contributed by atoms with Gasteiger partial charge in [-0.1, -0.05) is 6.92 Å². The first-order chi connectivity index (χ1) is 9.72. The molecule has 0 aliphatic carbocycles. The van der Waals surface area contributed by atoms with Gasteiger partial charge in [0.05, 0.1) is 40.1 Å². The molecule has 5 nitrogen and oxygen atoms in total. The van der Waals surface area contributed by atoms with Gasteiger partial charge < -0.3 is 24.7 Å². The SMILES string of the molecule is CCCOCCOCC(N)c1cc(OC)ccc1OC. The lowest BCUT2D eigenvalue weighted by Crippen LogP contribution is -2.19. The Morgan fingerprint density at radius 2 is 1.80 bits per heavy atom. The zero-order valence-corrected chi connectivity index (χ0v) is 12.6. The summed E-state index contributed by atoms with van der Waals surface area (Å²) < 4.78 is 21.4. The average molecular weight is 283 g/mol. The van der Waals surface area contributed by atoms with Crippen molar-refractivity contribution in [1.29, 1.82) is 0 Å². The third kappa shape index (κ3) is 5.36. The molecule has 1 unspecified atom stereocenters. The summed E-state index contributed by atoms with van der Waals surface area (Å²) in [6, 6.07) is 5.30. The van der Waals surface area contributed by atoms with E-state index in [9.17, 15) is 0 Å². The molecular formula is C15H25NO4. The molecule has 20 heavy (non-hydrogen) atoms. The largest absolute Gasteiger partial charge is 0.497 e. The van der Waals surface area contributed by atoms with Crippen LogP contribution in [0.4, 0.5) is 0 Å². The highest BCUT2D eigenvalue weighted by Crippen LogP contribution is 2.28. The van der Waals surface area contributed by atoms with Gasteiger partial charge in [0.1, 0.15) is 11.5 Å². The van der Waals surface area contributed by atoms with Crippen LogP contribution in [0.1, 0.15) is 24.9 Å². The van der Waals surface area contributed by atoms with E-state index in [2.05, 4.69) is 6.92 Å². The van der Waals surface area contributed by atoms with Crippen LogP contribution in [-0.4, -0.2) is 40.6 Å². The van der Waals surface area contributed by atoms with E-state index in [1.807, 2.05) is 18.2 Å². The topological polar surface area (TPSA) is 62.9 Å². The zero-order chi connectivity index (χ0) is 14.8. The molecule has 1 aromatic rings. The third-order valence-electron chi connectivity index (χ3n) is 2.85. The molecule has 1 atom stereocenters. The van der Waals surface area contributed by atoms with Gasteiger partial charge in [-0.15, -0.1) is 0 Å². The van der Waals surface area contributed by atoms with Crippen molar-refractivity contribution in [2.75, 3.05) is 40.6 Å². The Labute approximate surface area is 121 Å². The van der Waals surface area contributed by atoms with Crippen LogP contribution in [0.5, 0.6) is 11.5 Å². The first kappa shape index (κ1) is 16.8. The first-order valence-corrected chi connectivity index (χ1v) is 6.85. The number of nitrogens with two attached hydrogens (primary N) is 1. The summed E-state index contributed by atoms with van der Waals surface area (Å²) in [6.45, 7) is 4.39. The fourth-order valence-corrected chi connectivity index (χ4v) is 1.79. The van der Waals surface area contributed by atoms with Gasteiger partial charge in [-0.3, -0.25) is 0 Å². The van der Waals surface area contributed by atoms with Gasteiger partial charge in [0.2, 0.25) is 0 Å². The van der Waals surface area contributed by atoms with E-state index in [1.54, 1.807) is 14.2 Å². The molecular weight excluding hydrogens is 258 g/mol. The number of ether oxygens (including phenoxy) is 4. The van der Waals surface area contributed by atoms with Crippen LogP contribution in [0.3, 0.4) is 0 Å². The minimum absolute atomic E-state index is 0.258. The highest BCUT2D eigenvalue weighted by Gasteiger charge is 2.13. The monoisotopic (exact) mass is 283 g/mol. The Morgan fingerprint density at radius 3 is 2.45 bits per heavy atom. The Kier molecular flexibility index (Phi) is 8.02. The van der Waals surface area contributed by atoms with E-state index in [4.69, 9.17) is 24.7 Å². The molecule has 0 saturated carbocycles. The van der Waals surface area contributed by atoms with Gasteiger partial charge in [0, 0.05) is 12.2 Å². The number of methoxy groups -OCH3 is 2. The summed E-state index contributed by atoms with van der Waals surface area (Å²) >= 11 is 0. The number of hydrogen-bond acceptors (Lipinski definition) is 5. The smallest absolute Gasteiger partial charge is 0.123 e. The lowest BCUT2D eigenvalue weighted by atomic mass is 10.1. The van der Waals surface area contributed by atoms with Gasteiger partial charge >= 0.3 is 0 Å². The number of rotatable bonds is 10. The predicted octanol–water partition coefficient (Wildman–Crippen LogP) is 2.15. The quantitative estimate of drug-likeness (QED) is 0.667. The normalized spacial score (nSPS) is 12.2. The molecule has 5 heteroatoms. The van der Waals surface area contributed by atoms with Crippen LogP contribution < -0.4 is 15.2 Å².